The molecule has 0 fully saturated rings. The van der Waals surface area contributed by atoms with Crippen LogP contribution in [-0.4, -0.2) is 36.2 Å². The van der Waals surface area contributed by atoms with Crippen LogP contribution >= 0.6 is 0 Å². The van der Waals surface area contributed by atoms with Crippen molar-refractivity contribution in [2.75, 3.05) is 0 Å². The predicted octanol–water partition coefficient (Wildman–Crippen LogP) is 1.90. The molecule has 0 aliphatic carbocycles. The highest BCUT2D eigenvalue weighted by molar-refractivity contribution is 6.04. The highest BCUT2D eigenvalue weighted by Gasteiger charge is 2.34. The average Bonchev–Trinajstić information content (AvgIpc) is 3.22. The van der Waals surface area contributed by atoms with Crippen molar-refractivity contribution in [1.82, 2.24) is 14.6 Å². The maximum atomic E-state index is 12.6. The SMILES string of the molecule is CC(=O)N1N=C(c2c(O)n(Cc3ccccc3)c(=O)[nH]c2=O)C[C@@H]1c1ccc([N+](=O)[O-])cc1. The number of non-ortho nitro benzene ring substituents is 1. The van der Waals surface area contributed by atoms with Crippen LogP contribution < -0.4 is 11.2 Å². The van der Waals surface area contributed by atoms with Gasteiger partial charge in [0.1, 0.15) is 5.56 Å². The molecule has 3 aromatic rings. The maximum Gasteiger partial charge on any atom is 0.331 e. The second kappa shape index (κ2) is 8.54. The number of aromatic nitrogens is 2. The van der Waals surface area contributed by atoms with Gasteiger partial charge in [-0.05, 0) is 11.1 Å². The number of carbonyl (C=O) groups is 1. The fourth-order valence-corrected chi connectivity index (χ4v) is 3.76. The number of benzene rings is 2. The van der Waals surface area contributed by atoms with Crippen LogP contribution in [0.25, 0.3) is 0 Å². The fourth-order valence-electron chi connectivity index (χ4n) is 3.76. The van der Waals surface area contributed by atoms with Gasteiger partial charge in [-0.2, -0.15) is 5.10 Å². The first-order valence-corrected chi connectivity index (χ1v) is 9.98. The Balaban J connectivity index is 1.74. The fraction of sp³-hybridized carbons (Fsp3) is 0.182. The van der Waals surface area contributed by atoms with Crippen LogP contribution in [0.4, 0.5) is 5.69 Å². The Morgan fingerprint density at radius 1 is 1.18 bits per heavy atom. The predicted molar refractivity (Wildman–Crippen MR) is 118 cm³/mol. The molecule has 4 rings (SSSR count). The largest absolute Gasteiger partial charge is 0.494 e. The summed E-state index contributed by atoms with van der Waals surface area (Å²) in [4.78, 5) is 49.8. The summed E-state index contributed by atoms with van der Waals surface area (Å²) >= 11 is 0. The van der Waals surface area contributed by atoms with Crippen LogP contribution in [0.1, 0.15) is 36.1 Å². The number of nitrogens with zero attached hydrogens (tertiary/aromatic N) is 4. The second-order valence-electron chi connectivity index (χ2n) is 7.51. The number of aromatic amines is 1. The van der Waals surface area contributed by atoms with Crippen molar-refractivity contribution in [3.63, 3.8) is 0 Å². The summed E-state index contributed by atoms with van der Waals surface area (Å²) in [6, 6.07) is 13.9. The van der Waals surface area contributed by atoms with E-state index in [4.69, 9.17) is 0 Å². The number of hydrazone groups is 1. The van der Waals surface area contributed by atoms with Gasteiger partial charge in [0.05, 0.1) is 23.2 Å². The minimum absolute atomic E-state index is 0.0186. The molecule has 0 bridgehead atoms. The van der Waals surface area contributed by atoms with Crippen LogP contribution in [0.15, 0.2) is 69.3 Å². The van der Waals surface area contributed by atoms with Crippen LogP contribution in [0.2, 0.25) is 0 Å². The lowest BCUT2D eigenvalue weighted by Crippen LogP contribution is -2.34. The molecule has 0 unspecified atom stereocenters. The number of hydrogen-bond donors (Lipinski definition) is 2. The van der Waals surface area contributed by atoms with Gasteiger partial charge in [-0.3, -0.25) is 29.3 Å². The molecule has 0 radical (unpaired) electrons. The number of rotatable bonds is 5. The molecule has 2 aromatic carbocycles. The van der Waals surface area contributed by atoms with E-state index >= 15 is 0 Å². The van der Waals surface area contributed by atoms with Crippen molar-refractivity contribution in [1.29, 1.82) is 0 Å². The first-order chi connectivity index (χ1) is 15.8. The van der Waals surface area contributed by atoms with Crippen molar-refractivity contribution >= 4 is 17.3 Å². The van der Waals surface area contributed by atoms with Gasteiger partial charge in [-0.1, -0.05) is 42.5 Å². The zero-order valence-corrected chi connectivity index (χ0v) is 17.5. The molecule has 11 nitrogen and oxygen atoms in total. The molecule has 0 saturated carbocycles. The van der Waals surface area contributed by atoms with Crippen LogP contribution in [0.5, 0.6) is 5.88 Å². The number of hydrogen-bond acceptors (Lipinski definition) is 7. The van der Waals surface area contributed by atoms with Gasteiger partial charge in [0.25, 0.3) is 11.2 Å². The van der Waals surface area contributed by atoms with Crippen molar-refractivity contribution in [2.24, 2.45) is 5.10 Å². The molecule has 1 aliphatic rings. The van der Waals surface area contributed by atoms with E-state index in [9.17, 15) is 29.6 Å². The van der Waals surface area contributed by atoms with Gasteiger partial charge in [0.2, 0.25) is 11.8 Å². The van der Waals surface area contributed by atoms with Crippen LogP contribution in [0, 0.1) is 10.1 Å². The summed E-state index contributed by atoms with van der Waals surface area (Å²) in [6.07, 6.45) is 0.0670. The van der Waals surface area contributed by atoms with E-state index in [2.05, 4.69) is 10.1 Å². The number of aromatic hydroxyl groups is 1. The number of amides is 1. The van der Waals surface area contributed by atoms with E-state index in [-0.39, 0.29) is 29.9 Å². The summed E-state index contributed by atoms with van der Waals surface area (Å²) in [5, 5.41) is 27.2. The Hall–Kier alpha value is -4.54. The Labute approximate surface area is 186 Å². The summed E-state index contributed by atoms with van der Waals surface area (Å²) in [6.45, 7) is 1.32. The smallest absolute Gasteiger partial charge is 0.331 e. The lowest BCUT2D eigenvalue weighted by Gasteiger charge is -2.20. The van der Waals surface area contributed by atoms with Gasteiger partial charge in [-0.25, -0.2) is 9.80 Å². The van der Waals surface area contributed by atoms with Gasteiger partial charge in [-0.15, -0.1) is 0 Å². The molecule has 1 aromatic heterocycles. The summed E-state index contributed by atoms with van der Waals surface area (Å²) in [7, 11) is 0. The Morgan fingerprint density at radius 3 is 2.45 bits per heavy atom. The van der Waals surface area contributed by atoms with E-state index in [1.165, 1.54) is 31.2 Å². The van der Waals surface area contributed by atoms with E-state index in [1.54, 1.807) is 24.3 Å². The van der Waals surface area contributed by atoms with Gasteiger partial charge in [0.15, 0.2) is 0 Å². The third-order valence-electron chi connectivity index (χ3n) is 5.37. The summed E-state index contributed by atoms with van der Waals surface area (Å²) in [5.41, 5.74) is -0.490. The Kier molecular flexibility index (Phi) is 5.61. The summed E-state index contributed by atoms with van der Waals surface area (Å²) < 4.78 is 1.02. The Morgan fingerprint density at radius 2 is 1.85 bits per heavy atom. The highest BCUT2D eigenvalue weighted by atomic mass is 16.6. The van der Waals surface area contributed by atoms with Crippen molar-refractivity contribution in [3.05, 3.63) is 102 Å². The minimum Gasteiger partial charge on any atom is -0.494 e. The van der Waals surface area contributed by atoms with Crippen LogP contribution in [-0.2, 0) is 11.3 Å². The quantitative estimate of drug-likeness (QED) is 0.448. The molecular formula is C22H19N5O6. The summed E-state index contributed by atoms with van der Waals surface area (Å²) in [5.74, 6) is -0.971. The normalized spacial score (nSPS) is 15.4. The zero-order chi connectivity index (χ0) is 23.7. The third-order valence-corrected chi connectivity index (χ3v) is 5.37. The molecule has 1 aliphatic heterocycles. The topological polar surface area (TPSA) is 151 Å². The molecule has 2 N–H and O–H groups in total. The van der Waals surface area contributed by atoms with Crippen molar-refractivity contribution in [3.8, 4) is 5.88 Å². The molecular weight excluding hydrogens is 430 g/mol. The molecule has 1 amide bonds. The van der Waals surface area contributed by atoms with Crippen LogP contribution in [0.3, 0.4) is 0 Å². The molecule has 168 valence electrons. The van der Waals surface area contributed by atoms with E-state index < -0.39 is 34.0 Å². The van der Waals surface area contributed by atoms with Crippen molar-refractivity contribution < 1.29 is 14.8 Å². The van der Waals surface area contributed by atoms with Gasteiger partial charge >= 0.3 is 5.69 Å². The van der Waals surface area contributed by atoms with Gasteiger partial charge in [0, 0.05) is 25.5 Å². The van der Waals surface area contributed by atoms with E-state index in [0.29, 0.717) is 5.56 Å². The van der Waals surface area contributed by atoms with E-state index in [1.807, 2.05) is 6.07 Å². The third kappa shape index (κ3) is 4.15. The molecule has 33 heavy (non-hydrogen) atoms. The molecule has 0 saturated heterocycles. The average molecular weight is 449 g/mol. The number of nitro benzene ring substituents is 1. The number of nitrogens with one attached hydrogen (secondary N) is 1. The maximum absolute atomic E-state index is 12.6. The minimum atomic E-state index is -0.826. The molecule has 11 heteroatoms. The zero-order valence-electron chi connectivity index (χ0n) is 17.5. The van der Waals surface area contributed by atoms with Gasteiger partial charge < -0.3 is 5.11 Å². The first kappa shape index (κ1) is 21.7. The molecule has 0 spiro atoms. The monoisotopic (exact) mass is 449 g/mol. The number of H-pyrrole nitrogens is 1. The lowest BCUT2D eigenvalue weighted by molar-refractivity contribution is -0.384. The second-order valence-corrected chi connectivity index (χ2v) is 7.51. The highest BCUT2D eigenvalue weighted by Crippen LogP contribution is 2.34. The first-order valence-electron chi connectivity index (χ1n) is 9.98. The number of nitro groups is 1. The standard InChI is InChI=1S/C22H19N5O6/c1-13(28)26-18(15-7-9-16(10-8-15)27(32)33)11-17(24-26)19-20(29)23-22(31)25(21(19)30)12-14-5-3-2-4-6-14/h2-10,18,30H,11-12H2,1H3,(H,23,29,31)/t18-/m1/s1. The molecule has 2 heterocycles. The van der Waals surface area contributed by atoms with Crippen molar-refractivity contribution in [2.45, 2.75) is 25.9 Å². The number of carbonyl (C=O) groups excluding carboxylic acids is 1. The van der Waals surface area contributed by atoms with E-state index in [0.717, 1.165) is 15.1 Å². The lowest BCUT2D eigenvalue weighted by atomic mass is 9.99. The molecule has 1 atom stereocenters. The Bertz CT molecular complexity index is 1380.